The smallest absolute Gasteiger partial charge is 0.0801 e. The molecule has 1 rings (SSSR count). The molecule has 1 nitrogen and oxygen atoms in total. The molecule has 19 heavy (non-hydrogen) atoms. The van der Waals surface area contributed by atoms with Gasteiger partial charge in [-0.1, -0.05) is 53.6 Å². The van der Waals surface area contributed by atoms with Crippen molar-refractivity contribution < 1.29 is 4.74 Å². The first-order valence-corrected chi connectivity index (χ1v) is 7.05. The maximum atomic E-state index is 5.83. The van der Waals surface area contributed by atoms with Gasteiger partial charge >= 0.3 is 0 Å². The lowest BCUT2D eigenvalue weighted by atomic mass is 10.1. The van der Waals surface area contributed by atoms with Crippen LogP contribution in [0.25, 0.3) is 0 Å². The monoisotopic (exact) mass is 258 g/mol. The summed E-state index contributed by atoms with van der Waals surface area (Å²) in [5, 5.41) is 0. The van der Waals surface area contributed by atoms with Crippen molar-refractivity contribution in [1.29, 1.82) is 0 Å². The van der Waals surface area contributed by atoms with Crippen LogP contribution in [-0.4, -0.2) is 6.61 Å². The van der Waals surface area contributed by atoms with E-state index in [9.17, 15) is 0 Å². The van der Waals surface area contributed by atoms with E-state index >= 15 is 0 Å². The second-order valence-electron chi connectivity index (χ2n) is 5.26. The van der Waals surface area contributed by atoms with Gasteiger partial charge in [0, 0.05) is 0 Å². The molecule has 0 radical (unpaired) electrons. The van der Waals surface area contributed by atoms with Gasteiger partial charge in [-0.3, -0.25) is 0 Å². The molecule has 0 saturated heterocycles. The van der Waals surface area contributed by atoms with Gasteiger partial charge in [0.15, 0.2) is 0 Å². The molecule has 1 aromatic rings. The number of hydrogen-bond donors (Lipinski definition) is 0. The Hall–Kier alpha value is -1.34. The highest BCUT2D eigenvalue weighted by Crippen LogP contribution is 2.16. The summed E-state index contributed by atoms with van der Waals surface area (Å²) in [5.41, 5.74) is 4.03. The lowest BCUT2D eigenvalue weighted by Gasteiger charge is -2.12. The first-order valence-electron chi connectivity index (χ1n) is 7.05. The van der Waals surface area contributed by atoms with Crippen LogP contribution in [0.4, 0.5) is 0 Å². The highest BCUT2D eigenvalue weighted by Gasteiger charge is 2.03. The van der Waals surface area contributed by atoms with E-state index in [1.54, 1.807) is 0 Å². The summed E-state index contributed by atoms with van der Waals surface area (Å²) in [6, 6.07) is 10.3. The zero-order valence-corrected chi connectivity index (χ0v) is 12.6. The van der Waals surface area contributed by atoms with Crippen LogP contribution in [0.5, 0.6) is 0 Å². The molecule has 104 valence electrons. The van der Waals surface area contributed by atoms with Gasteiger partial charge in [0.05, 0.1) is 12.7 Å². The second kappa shape index (κ2) is 8.71. The minimum absolute atomic E-state index is 0.156. The zero-order chi connectivity index (χ0) is 14.1. The SMILES string of the molecule is CC(C)=CCC/C(C)=C/CO[C@H](C)c1ccccc1. The van der Waals surface area contributed by atoms with Crippen molar-refractivity contribution in [2.75, 3.05) is 6.61 Å². The van der Waals surface area contributed by atoms with Crippen LogP contribution < -0.4 is 0 Å². The van der Waals surface area contributed by atoms with E-state index in [2.05, 4.69) is 64.1 Å². The van der Waals surface area contributed by atoms with Crippen molar-refractivity contribution in [3.8, 4) is 0 Å². The van der Waals surface area contributed by atoms with Crippen LogP contribution in [0.15, 0.2) is 53.6 Å². The standard InChI is InChI=1S/C18H26O/c1-15(2)9-8-10-16(3)13-14-19-17(4)18-11-6-5-7-12-18/h5-7,9,11-13,17H,8,10,14H2,1-4H3/b16-13+/t17-/m1/s1. The van der Waals surface area contributed by atoms with Crippen molar-refractivity contribution in [1.82, 2.24) is 0 Å². The second-order valence-corrected chi connectivity index (χ2v) is 5.26. The highest BCUT2D eigenvalue weighted by molar-refractivity contribution is 5.16. The first kappa shape index (κ1) is 15.7. The Labute approximate surface area is 118 Å². The van der Waals surface area contributed by atoms with Gasteiger partial charge in [0.25, 0.3) is 0 Å². The molecule has 0 spiro atoms. The maximum Gasteiger partial charge on any atom is 0.0801 e. The Kier molecular flexibility index (Phi) is 7.20. The first-order chi connectivity index (χ1) is 9.09. The van der Waals surface area contributed by atoms with Crippen molar-refractivity contribution in [2.45, 2.75) is 46.6 Å². The third kappa shape index (κ3) is 6.97. The Morgan fingerprint density at radius 2 is 1.79 bits per heavy atom. The van der Waals surface area contributed by atoms with Gasteiger partial charge < -0.3 is 4.74 Å². The summed E-state index contributed by atoms with van der Waals surface area (Å²) in [6.07, 6.45) is 6.87. The summed E-state index contributed by atoms with van der Waals surface area (Å²) in [6.45, 7) is 9.25. The lowest BCUT2D eigenvalue weighted by Crippen LogP contribution is -2.00. The lowest BCUT2D eigenvalue weighted by molar-refractivity contribution is 0.0882. The van der Waals surface area contributed by atoms with E-state index in [4.69, 9.17) is 4.74 Å². The van der Waals surface area contributed by atoms with Gasteiger partial charge in [-0.05, 0) is 46.1 Å². The molecule has 0 aromatic heterocycles. The van der Waals surface area contributed by atoms with Gasteiger partial charge in [-0.2, -0.15) is 0 Å². The van der Waals surface area contributed by atoms with Crippen molar-refractivity contribution in [3.63, 3.8) is 0 Å². The predicted molar refractivity (Wildman–Crippen MR) is 83.2 cm³/mol. The van der Waals surface area contributed by atoms with Gasteiger partial charge in [0.1, 0.15) is 0 Å². The molecule has 0 heterocycles. The number of ether oxygens (including phenoxy) is 1. The van der Waals surface area contributed by atoms with E-state index in [0.717, 1.165) is 12.8 Å². The van der Waals surface area contributed by atoms with Crippen LogP contribution in [0.3, 0.4) is 0 Å². The molecule has 1 heteroatoms. The number of rotatable bonds is 7. The molecule has 0 unspecified atom stereocenters. The molecule has 0 aliphatic heterocycles. The van der Waals surface area contributed by atoms with Crippen molar-refractivity contribution >= 4 is 0 Å². The molecular formula is C18H26O. The highest BCUT2D eigenvalue weighted by atomic mass is 16.5. The average molecular weight is 258 g/mol. The molecule has 1 aromatic carbocycles. The van der Waals surface area contributed by atoms with Crippen molar-refractivity contribution in [3.05, 3.63) is 59.2 Å². The normalized spacial score (nSPS) is 13.2. The number of allylic oxidation sites excluding steroid dienone is 3. The molecule has 0 saturated carbocycles. The van der Waals surface area contributed by atoms with Crippen LogP contribution >= 0.6 is 0 Å². The van der Waals surface area contributed by atoms with E-state index in [0.29, 0.717) is 6.61 Å². The Morgan fingerprint density at radius 3 is 2.42 bits per heavy atom. The number of benzene rings is 1. The van der Waals surface area contributed by atoms with E-state index < -0.39 is 0 Å². The Morgan fingerprint density at radius 1 is 1.11 bits per heavy atom. The summed E-state index contributed by atoms with van der Waals surface area (Å²) in [7, 11) is 0. The average Bonchev–Trinajstić information content (AvgIpc) is 2.39. The summed E-state index contributed by atoms with van der Waals surface area (Å²) < 4.78 is 5.83. The topological polar surface area (TPSA) is 9.23 Å². The largest absolute Gasteiger partial charge is 0.370 e. The number of hydrogen-bond acceptors (Lipinski definition) is 1. The summed E-state index contributed by atoms with van der Waals surface area (Å²) >= 11 is 0. The van der Waals surface area contributed by atoms with E-state index in [1.807, 2.05) is 6.07 Å². The minimum Gasteiger partial charge on any atom is -0.370 e. The molecule has 0 aliphatic carbocycles. The fraction of sp³-hybridized carbons (Fsp3) is 0.444. The van der Waals surface area contributed by atoms with E-state index in [-0.39, 0.29) is 6.10 Å². The fourth-order valence-corrected chi connectivity index (χ4v) is 1.85. The van der Waals surface area contributed by atoms with Gasteiger partial charge in [-0.15, -0.1) is 0 Å². The minimum atomic E-state index is 0.156. The molecule has 0 bridgehead atoms. The van der Waals surface area contributed by atoms with Crippen LogP contribution in [0.1, 0.15) is 52.2 Å². The molecule has 0 amide bonds. The van der Waals surface area contributed by atoms with Crippen molar-refractivity contribution in [2.24, 2.45) is 0 Å². The Balaban J connectivity index is 2.30. The van der Waals surface area contributed by atoms with Crippen LogP contribution in [0, 0.1) is 0 Å². The zero-order valence-electron chi connectivity index (χ0n) is 12.6. The van der Waals surface area contributed by atoms with Crippen LogP contribution in [-0.2, 0) is 4.74 Å². The predicted octanol–water partition coefficient (Wildman–Crippen LogP) is 5.46. The summed E-state index contributed by atoms with van der Waals surface area (Å²) in [4.78, 5) is 0. The molecule has 0 N–H and O–H groups in total. The third-order valence-electron chi connectivity index (χ3n) is 3.14. The quantitative estimate of drug-likeness (QED) is 0.590. The molecular weight excluding hydrogens is 232 g/mol. The fourth-order valence-electron chi connectivity index (χ4n) is 1.85. The van der Waals surface area contributed by atoms with Gasteiger partial charge in [-0.25, -0.2) is 0 Å². The maximum absolute atomic E-state index is 5.83. The summed E-state index contributed by atoms with van der Waals surface area (Å²) in [5.74, 6) is 0. The molecule has 1 atom stereocenters. The van der Waals surface area contributed by atoms with E-state index in [1.165, 1.54) is 16.7 Å². The molecule has 0 fully saturated rings. The Bertz CT molecular complexity index is 411. The molecule has 0 aliphatic rings. The third-order valence-corrected chi connectivity index (χ3v) is 3.14. The van der Waals surface area contributed by atoms with Crippen LogP contribution in [0.2, 0.25) is 0 Å². The van der Waals surface area contributed by atoms with Gasteiger partial charge in [0.2, 0.25) is 0 Å².